The summed E-state index contributed by atoms with van der Waals surface area (Å²) in [6.07, 6.45) is 2.73. The summed E-state index contributed by atoms with van der Waals surface area (Å²) in [7, 11) is -4.52. The zero-order chi connectivity index (χ0) is 24.0. The molecular weight excluding hydrogens is 479 g/mol. The Labute approximate surface area is 196 Å². The number of pyridine rings is 1. The smallest absolute Gasteiger partial charge is 0.396 e. The van der Waals surface area contributed by atoms with Crippen LogP contribution in [-0.2, 0) is 10.0 Å². The first kappa shape index (κ1) is 21.9. The molecule has 7 nitrogen and oxygen atoms in total. The SMILES string of the molecule is Cc1cc(F)ccc1S(=O)(=O)N(C(=O)c1cccnc1)c1cc2sc(=O)oc2c2ccccc12. The minimum Gasteiger partial charge on any atom is -0.413 e. The highest BCUT2D eigenvalue weighted by Crippen LogP contribution is 2.38. The van der Waals surface area contributed by atoms with Crippen LogP contribution in [0, 0.1) is 12.7 Å². The van der Waals surface area contributed by atoms with Gasteiger partial charge in [-0.3, -0.25) is 9.78 Å². The van der Waals surface area contributed by atoms with Crippen molar-refractivity contribution in [2.24, 2.45) is 0 Å². The van der Waals surface area contributed by atoms with Crippen LogP contribution in [0.3, 0.4) is 0 Å². The van der Waals surface area contributed by atoms with Crippen molar-refractivity contribution >= 4 is 54.0 Å². The van der Waals surface area contributed by atoms with E-state index in [0.717, 1.165) is 29.5 Å². The highest BCUT2D eigenvalue weighted by Gasteiger charge is 2.35. The lowest BCUT2D eigenvalue weighted by Crippen LogP contribution is -2.37. The Hall–Kier alpha value is -3.89. The van der Waals surface area contributed by atoms with E-state index in [4.69, 9.17) is 4.42 Å². The number of benzene rings is 3. The third-order valence-corrected chi connectivity index (χ3v) is 7.92. The van der Waals surface area contributed by atoms with Crippen molar-refractivity contribution in [1.29, 1.82) is 0 Å². The highest BCUT2D eigenvalue weighted by atomic mass is 32.2. The highest BCUT2D eigenvalue weighted by molar-refractivity contribution is 7.93. The second-order valence-electron chi connectivity index (χ2n) is 7.45. The lowest BCUT2D eigenvalue weighted by atomic mass is 10.1. The molecule has 0 fully saturated rings. The Kier molecular flexibility index (Phi) is 5.26. The van der Waals surface area contributed by atoms with Gasteiger partial charge in [-0.2, -0.15) is 4.31 Å². The molecule has 0 N–H and O–H groups in total. The van der Waals surface area contributed by atoms with Crippen LogP contribution in [0.2, 0.25) is 0 Å². The van der Waals surface area contributed by atoms with Crippen molar-refractivity contribution in [2.45, 2.75) is 11.8 Å². The van der Waals surface area contributed by atoms with Gasteiger partial charge in [0.05, 0.1) is 20.8 Å². The first-order valence-corrected chi connectivity index (χ1v) is 12.2. The van der Waals surface area contributed by atoms with Crippen LogP contribution in [0.15, 0.2) is 87.2 Å². The number of carbonyl (C=O) groups is 1. The first-order chi connectivity index (χ1) is 16.3. The summed E-state index contributed by atoms with van der Waals surface area (Å²) in [5.74, 6) is -1.45. The minimum atomic E-state index is -4.52. The molecule has 1 amide bonds. The molecule has 0 radical (unpaired) electrons. The summed E-state index contributed by atoms with van der Waals surface area (Å²) in [5, 5.41) is 0.862. The standard InChI is InChI=1S/C24H15FN2O5S2/c1-14-11-16(25)8-9-21(14)34(30,31)27(23(28)15-5-4-10-26-13-15)19-12-20-22(32-24(29)33-20)18-7-3-2-6-17(18)19/h2-13H,1H3. The molecule has 0 unspecified atom stereocenters. The summed E-state index contributed by atoms with van der Waals surface area (Å²) in [6.45, 7) is 1.45. The number of halogens is 1. The molecule has 34 heavy (non-hydrogen) atoms. The Balaban J connectivity index is 1.86. The molecule has 5 rings (SSSR count). The van der Waals surface area contributed by atoms with Crippen molar-refractivity contribution in [2.75, 3.05) is 4.31 Å². The van der Waals surface area contributed by atoms with E-state index >= 15 is 0 Å². The molecule has 5 aromatic rings. The second-order valence-corrected chi connectivity index (χ2v) is 10.2. The number of hydrogen-bond donors (Lipinski definition) is 0. The Morgan fingerprint density at radius 3 is 2.53 bits per heavy atom. The largest absolute Gasteiger partial charge is 0.413 e. The van der Waals surface area contributed by atoms with E-state index in [1.165, 1.54) is 37.5 Å². The van der Waals surface area contributed by atoms with Gasteiger partial charge >= 0.3 is 4.94 Å². The number of sulfonamides is 1. The van der Waals surface area contributed by atoms with Crippen LogP contribution in [0.25, 0.3) is 21.1 Å². The zero-order valence-electron chi connectivity index (χ0n) is 17.6. The number of anilines is 1. The second kappa shape index (κ2) is 8.15. The molecule has 0 spiro atoms. The number of fused-ring (bicyclic) bond motifs is 3. The van der Waals surface area contributed by atoms with Crippen molar-refractivity contribution in [3.05, 3.63) is 99.7 Å². The normalized spacial score (nSPS) is 11.7. The van der Waals surface area contributed by atoms with Crippen LogP contribution in [0.5, 0.6) is 0 Å². The van der Waals surface area contributed by atoms with E-state index in [0.29, 0.717) is 25.4 Å². The number of amides is 1. The summed E-state index contributed by atoms with van der Waals surface area (Å²) in [4.78, 5) is 28.8. The van der Waals surface area contributed by atoms with E-state index in [-0.39, 0.29) is 21.7 Å². The lowest BCUT2D eigenvalue weighted by Gasteiger charge is -2.25. The van der Waals surface area contributed by atoms with Gasteiger partial charge in [0.1, 0.15) is 5.82 Å². The maximum atomic E-state index is 13.9. The third-order valence-electron chi connectivity index (χ3n) is 5.28. The molecule has 0 aliphatic heterocycles. The molecule has 0 saturated carbocycles. The van der Waals surface area contributed by atoms with Gasteiger partial charge in [0.25, 0.3) is 15.9 Å². The fraction of sp³-hybridized carbons (Fsp3) is 0.0417. The number of aromatic nitrogens is 1. The summed E-state index contributed by atoms with van der Waals surface area (Å²) < 4.78 is 48.0. The predicted octanol–water partition coefficient (Wildman–Crippen LogP) is 4.89. The third kappa shape index (κ3) is 3.57. The summed E-state index contributed by atoms with van der Waals surface area (Å²) in [6, 6.07) is 14.4. The molecule has 0 aliphatic rings. The van der Waals surface area contributed by atoms with Gasteiger partial charge < -0.3 is 4.42 Å². The summed E-state index contributed by atoms with van der Waals surface area (Å²) >= 11 is 0.801. The van der Waals surface area contributed by atoms with E-state index in [2.05, 4.69) is 4.98 Å². The van der Waals surface area contributed by atoms with Crippen molar-refractivity contribution < 1.29 is 22.0 Å². The maximum Gasteiger partial charge on any atom is 0.396 e. The number of rotatable bonds is 4. The van der Waals surface area contributed by atoms with Crippen molar-refractivity contribution in [3.8, 4) is 0 Å². The van der Waals surface area contributed by atoms with Gasteiger partial charge in [0.15, 0.2) is 5.58 Å². The average Bonchev–Trinajstić information content (AvgIpc) is 3.19. The average molecular weight is 495 g/mol. The van der Waals surface area contributed by atoms with E-state index in [1.807, 2.05) is 0 Å². The molecule has 2 heterocycles. The van der Waals surface area contributed by atoms with Gasteiger partial charge in [0.2, 0.25) is 0 Å². The Morgan fingerprint density at radius 2 is 1.82 bits per heavy atom. The fourth-order valence-electron chi connectivity index (χ4n) is 3.80. The predicted molar refractivity (Wildman–Crippen MR) is 127 cm³/mol. The number of hydrogen-bond acceptors (Lipinski definition) is 7. The molecular formula is C24H15FN2O5S2. The molecule has 0 atom stereocenters. The molecule has 170 valence electrons. The minimum absolute atomic E-state index is 0.0374. The van der Waals surface area contributed by atoms with Crippen molar-refractivity contribution in [3.63, 3.8) is 0 Å². The van der Waals surface area contributed by atoms with Crippen LogP contribution >= 0.6 is 11.3 Å². The number of aryl methyl sites for hydroxylation is 1. The van der Waals surface area contributed by atoms with Crippen LogP contribution in [0.4, 0.5) is 10.1 Å². The molecule has 2 aromatic heterocycles. The number of carbonyl (C=O) groups excluding carboxylic acids is 1. The van der Waals surface area contributed by atoms with Gasteiger partial charge in [-0.25, -0.2) is 17.6 Å². The quantitative estimate of drug-likeness (QED) is 0.353. The van der Waals surface area contributed by atoms with E-state index in [1.54, 1.807) is 24.3 Å². The van der Waals surface area contributed by atoms with Gasteiger partial charge in [-0.1, -0.05) is 35.6 Å². The molecule has 10 heteroatoms. The van der Waals surface area contributed by atoms with Crippen LogP contribution in [-0.4, -0.2) is 19.3 Å². The zero-order valence-corrected chi connectivity index (χ0v) is 19.2. The molecule has 0 aliphatic carbocycles. The van der Waals surface area contributed by atoms with E-state index in [9.17, 15) is 22.4 Å². The molecule has 0 saturated heterocycles. The maximum absolute atomic E-state index is 13.9. The number of nitrogens with zero attached hydrogens (tertiary/aromatic N) is 2. The first-order valence-electron chi connectivity index (χ1n) is 9.98. The van der Waals surface area contributed by atoms with E-state index < -0.39 is 26.7 Å². The summed E-state index contributed by atoms with van der Waals surface area (Å²) in [5.41, 5.74) is 0.522. The Bertz CT molecular complexity index is 1740. The molecule has 0 bridgehead atoms. The van der Waals surface area contributed by atoms with Crippen LogP contribution < -0.4 is 9.24 Å². The van der Waals surface area contributed by atoms with Gasteiger partial charge in [0, 0.05) is 23.2 Å². The van der Waals surface area contributed by atoms with Crippen molar-refractivity contribution in [1.82, 2.24) is 4.98 Å². The topological polar surface area (TPSA) is 97.5 Å². The van der Waals surface area contributed by atoms with Crippen LogP contribution in [0.1, 0.15) is 15.9 Å². The van der Waals surface area contributed by atoms with Gasteiger partial charge in [-0.05, 0) is 48.9 Å². The molecule has 3 aromatic carbocycles. The lowest BCUT2D eigenvalue weighted by molar-refractivity contribution is 0.100. The Morgan fingerprint density at radius 1 is 1.06 bits per heavy atom. The monoisotopic (exact) mass is 494 g/mol. The fourth-order valence-corrected chi connectivity index (χ4v) is 6.16. The van der Waals surface area contributed by atoms with Gasteiger partial charge in [-0.15, -0.1) is 0 Å².